The molecule has 0 spiro atoms. The molecule has 0 radical (unpaired) electrons. The maximum Gasteiger partial charge on any atom is 0.269 e. The Hall–Kier alpha value is -0.130. The SMILES string of the molecule is CCOS(=O)(=O)C(C)C.N. The highest BCUT2D eigenvalue weighted by atomic mass is 32.2. The Morgan fingerprint density at radius 2 is 1.80 bits per heavy atom. The largest absolute Gasteiger partial charge is 0.344 e. The molecule has 0 amide bonds. The summed E-state index contributed by atoms with van der Waals surface area (Å²) in [5.41, 5.74) is 0. The van der Waals surface area contributed by atoms with Crippen LogP contribution in [-0.2, 0) is 14.3 Å². The van der Waals surface area contributed by atoms with Crippen LogP contribution in [0.4, 0.5) is 0 Å². The Labute approximate surface area is 62.3 Å². The molecule has 0 unspecified atom stereocenters. The van der Waals surface area contributed by atoms with Crippen LogP contribution in [0.1, 0.15) is 20.8 Å². The van der Waals surface area contributed by atoms with Gasteiger partial charge in [-0.15, -0.1) is 0 Å². The van der Waals surface area contributed by atoms with Crippen LogP contribution in [0.25, 0.3) is 0 Å². The molecular weight excluding hydrogens is 154 g/mol. The van der Waals surface area contributed by atoms with Crippen molar-refractivity contribution in [1.29, 1.82) is 0 Å². The molecule has 0 heterocycles. The van der Waals surface area contributed by atoms with Gasteiger partial charge in [0, 0.05) is 0 Å². The Bertz CT molecular complexity index is 162. The minimum Gasteiger partial charge on any atom is -0.344 e. The molecule has 0 aromatic heterocycles. The summed E-state index contributed by atoms with van der Waals surface area (Å²) in [7, 11) is -3.25. The van der Waals surface area contributed by atoms with Gasteiger partial charge in [0.2, 0.25) is 0 Å². The van der Waals surface area contributed by atoms with E-state index in [1.54, 1.807) is 20.8 Å². The quantitative estimate of drug-likeness (QED) is 0.637. The molecule has 0 aliphatic rings. The summed E-state index contributed by atoms with van der Waals surface area (Å²) in [5, 5.41) is -0.433. The number of hydrogen-bond donors (Lipinski definition) is 1. The van der Waals surface area contributed by atoms with Crippen LogP contribution in [0.3, 0.4) is 0 Å². The van der Waals surface area contributed by atoms with E-state index < -0.39 is 15.4 Å². The third kappa shape index (κ3) is 3.81. The van der Waals surface area contributed by atoms with Gasteiger partial charge in [-0.3, -0.25) is 4.18 Å². The van der Waals surface area contributed by atoms with Crippen LogP contribution < -0.4 is 6.15 Å². The van der Waals surface area contributed by atoms with Crippen molar-refractivity contribution in [3.8, 4) is 0 Å². The van der Waals surface area contributed by atoms with Crippen LogP contribution >= 0.6 is 0 Å². The summed E-state index contributed by atoms with van der Waals surface area (Å²) >= 11 is 0. The average molecular weight is 169 g/mol. The fourth-order valence-corrected chi connectivity index (χ4v) is 0.901. The third-order valence-electron chi connectivity index (χ3n) is 0.859. The normalized spacial score (nSPS) is 11.2. The monoisotopic (exact) mass is 169 g/mol. The standard InChI is InChI=1S/C5H12O3S.H3N/c1-4-8-9(6,7)5(2)3;/h5H,4H2,1-3H3;1H3. The van der Waals surface area contributed by atoms with E-state index in [1.807, 2.05) is 0 Å². The highest BCUT2D eigenvalue weighted by Crippen LogP contribution is 2.00. The van der Waals surface area contributed by atoms with E-state index in [-0.39, 0.29) is 12.8 Å². The van der Waals surface area contributed by atoms with Gasteiger partial charge in [0.05, 0.1) is 11.9 Å². The van der Waals surface area contributed by atoms with Crippen LogP contribution in [-0.4, -0.2) is 20.3 Å². The van der Waals surface area contributed by atoms with Crippen molar-refractivity contribution in [2.45, 2.75) is 26.0 Å². The first-order valence-corrected chi connectivity index (χ1v) is 4.36. The maximum atomic E-state index is 10.7. The highest BCUT2D eigenvalue weighted by Gasteiger charge is 2.14. The lowest BCUT2D eigenvalue weighted by atomic mass is 10.6. The van der Waals surface area contributed by atoms with Crippen molar-refractivity contribution in [2.24, 2.45) is 0 Å². The van der Waals surface area contributed by atoms with Gasteiger partial charge in [-0.25, -0.2) is 0 Å². The summed E-state index contributed by atoms with van der Waals surface area (Å²) in [5.74, 6) is 0. The summed E-state index contributed by atoms with van der Waals surface area (Å²) in [6.07, 6.45) is 0. The van der Waals surface area contributed by atoms with Gasteiger partial charge in [0.15, 0.2) is 0 Å². The number of rotatable bonds is 3. The lowest BCUT2D eigenvalue weighted by Gasteiger charge is -2.04. The van der Waals surface area contributed by atoms with Crippen molar-refractivity contribution in [3.05, 3.63) is 0 Å². The second-order valence-corrected chi connectivity index (χ2v) is 4.11. The predicted octanol–water partition coefficient (Wildman–Crippen LogP) is 0.923. The zero-order chi connectivity index (χ0) is 7.49. The fraction of sp³-hybridized carbons (Fsp3) is 1.00. The minimum absolute atomic E-state index is 0. The molecule has 0 bridgehead atoms. The molecule has 0 atom stereocenters. The molecule has 3 N–H and O–H groups in total. The van der Waals surface area contributed by atoms with Crippen molar-refractivity contribution in [2.75, 3.05) is 6.61 Å². The summed E-state index contributed by atoms with van der Waals surface area (Å²) < 4.78 is 25.9. The zero-order valence-corrected chi connectivity index (χ0v) is 7.44. The van der Waals surface area contributed by atoms with Crippen LogP contribution in [0.5, 0.6) is 0 Å². The molecule has 0 aromatic carbocycles. The summed E-state index contributed by atoms with van der Waals surface area (Å²) in [6.45, 7) is 5.05. The molecule has 0 saturated carbocycles. The maximum absolute atomic E-state index is 10.7. The molecule has 0 aromatic rings. The smallest absolute Gasteiger partial charge is 0.269 e. The Morgan fingerprint density at radius 3 is 1.90 bits per heavy atom. The minimum atomic E-state index is -3.25. The van der Waals surface area contributed by atoms with E-state index >= 15 is 0 Å². The molecule has 64 valence electrons. The first-order chi connectivity index (χ1) is 4.00. The van der Waals surface area contributed by atoms with Crippen LogP contribution in [0, 0.1) is 0 Å². The molecule has 0 saturated heterocycles. The second-order valence-electron chi connectivity index (χ2n) is 1.95. The van der Waals surface area contributed by atoms with Gasteiger partial charge in [-0.1, -0.05) is 0 Å². The summed E-state index contributed by atoms with van der Waals surface area (Å²) in [6, 6.07) is 0. The van der Waals surface area contributed by atoms with Gasteiger partial charge < -0.3 is 6.15 Å². The molecular formula is C5H15NO3S. The van der Waals surface area contributed by atoms with E-state index in [0.717, 1.165) is 0 Å². The van der Waals surface area contributed by atoms with Gasteiger partial charge in [0.1, 0.15) is 0 Å². The van der Waals surface area contributed by atoms with E-state index in [0.29, 0.717) is 0 Å². The fourth-order valence-electron chi connectivity index (χ4n) is 0.300. The third-order valence-corrected chi connectivity index (χ3v) is 2.58. The van der Waals surface area contributed by atoms with Crippen molar-refractivity contribution in [1.82, 2.24) is 6.15 Å². The Morgan fingerprint density at radius 1 is 1.40 bits per heavy atom. The second kappa shape index (κ2) is 4.65. The Kier molecular flexibility index (Phi) is 5.83. The van der Waals surface area contributed by atoms with E-state index in [4.69, 9.17) is 0 Å². The van der Waals surface area contributed by atoms with Gasteiger partial charge in [-0.2, -0.15) is 8.42 Å². The van der Waals surface area contributed by atoms with E-state index in [1.165, 1.54) is 0 Å². The van der Waals surface area contributed by atoms with Crippen molar-refractivity contribution >= 4 is 10.1 Å². The van der Waals surface area contributed by atoms with Crippen molar-refractivity contribution in [3.63, 3.8) is 0 Å². The highest BCUT2D eigenvalue weighted by molar-refractivity contribution is 7.87. The molecule has 0 fully saturated rings. The van der Waals surface area contributed by atoms with Gasteiger partial charge in [-0.05, 0) is 20.8 Å². The van der Waals surface area contributed by atoms with Gasteiger partial charge >= 0.3 is 0 Å². The van der Waals surface area contributed by atoms with Crippen molar-refractivity contribution < 1.29 is 12.6 Å². The topological polar surface area (TPSA) is 78.4 Å². The summed E-state index contributed by atoms with van der Waals surface area (Å²) in [4.78, 5) is 0. The first kappa shape index (κ1) is 12.5. The molecule has 0 rings (SSSR count). The van der Waals surface area contributed by atoms with Crippen LogP contribution in [0.2, 0.25) is 0 Å². The molecule has 0 aliphatic carbocycles. The predicted molar refractivity (Wildman–Crippen MR) is 40.7 cm³/mol. The Balaban J connectivity index is 0. The lowest BCUT2D eigenvalue weighted by Crippen LogP contribution is -2.16. The zero-order valence-electron chi connectivity index (χ0n) is 6.62. The molecule has 10 heavy (non-hydrogen) atoms. The average Bonchev–Trinajstić information content (AvgIpc) is 1.65. The van der Waals surface area contributed by atoms with E-state index in [9.17, 15) is 8.42 Å². The first-order valence-electron chi connectivity index (χ1n) is 2.89. The molecule has 4 nitrogen and oxygen atoms in total. The van der Waals surface area contributed by atoms with Gasteiger partial charge in [0.25, 0.3) is 10.1 Å². The number of hydrogen-bond acceptors (Lipinski definition) is 4. The van der Waals surface area contributed by atoms with Crippen LogP contribution in [0.15, 0.2) is 0 Å². The molecule has 5 heteroatoms. The lowest BCUT2D eigenvalue weighted by molar-refractivity contribution is 0.333. The van der Waals surface area contributed by atoms with E-state index in [2.05, 4.69) is 4.18 Å². The molecule has 0 aliphatic heterocycles.